The van der Waals surface area contributed by atoms with Crippen LogP contribution in [0.1, 0.15) is 90.8 Å². The maximum Gasteiger partial charge on any atom is 0.309 e. The van der Waals surface area contributed by atoms with Crippen LogP contribution in [0.3, 0.4) is 0 Å². The molecule has 2 aliphatic carbocycles. The number of esters is 1. The highest BCUT2D eigenvalue weighted by molar-refractivity contribution is 6.25. The summed E-state index contributed by atoms with van der Waals surface area (Å²) in [5, 5.41) is 57.3. The van der Waals surface area contributed by atoms with E-state index in [0.29, 0.717) is 12.8 Å². The molecule has 7 aliphatic rings. The molecule has 5 aliphatic heterocycles. The molecule has 0 radical (unpaired) electrons. The average molecular weight is 577 g/mol. The van der Waals surface area contributed by atoms with Gasteiger partial charge < -0.3 is 49.2 Å². The zero-order valence-electron chi connectivity index (χ0n) is 22.7. The van der Waals surface area contributed by atoms with Crippen molar-refractivity contribution >= 4 is 17.5 Å². The monoisotopic (exact) mass is 576 g/mol. The minimum atomic E-state index is -2.71. The molecular formula is C28H32O13. The van der Waals surface area contributed by atoms with Gasteiger partial charge in [0.2, 0.25) is 22.8 Å². The van der Waals surface area contributed by atoms with Crippen LogP contribution in [-0.4, -0.2) is 97.2 Å². The second-order valence-electron chi connectivity index (χ2n) is 12.1. The van der Waals surface area contributed by atoms with Crippen LogP contribution in [0.5, 0.6) is 11.5 Å². The maximum absolute atomic E-state index is 14.1. The first-order valence-corrected chi connectivity index (χ1v) is 13.9. The first-order valence-electron chi connectivity index (χ1n) is 13.9. The van der Waals surface area contributed by atoms with Crippen LogP contribution in [-0.2, 0) is 34.1 Å². The fourth-order valence-corrected chi connectivity index (χ4v) is 7.85. The number of aliphatic hydroxyl groups is 3. The van der Waals surface area contributed by atoms with Gasteiger partial charge in [0.15, 0.2) is 6.29 Å². The van der Waals surface area contributed by atoms with E-state index in [1.165, 1.54) is 6.92 Å². The van der Waals surface area contributed by atoms with E-state index in [0.717, 1.165) is 0 Å². The summed E-state index contributed by atoms with van der Waals surface area (Å²) in [4.78, 5) is 40.7. The lowest BCUT2D eigenvalue weighted by Crippen LogP contribution is -2.78. The van der Waals surface area contributed by atoms with Gasteiger partial charge in [-0.2, -0.15) is 0 Å². The Kier molecular flexibility index (Phi) is 5.62. The highest BCUT2D eigenvalue weighted by atomic mass is 16.7. The number of Topliss-reactive ketones (excluding diaryl/α,β-unsaturated/α-hetero) is 2. The summed E-state index contributed by atoms with van der Waals surface area (Å²) < 4.78 is 29.1. The number of aromatic hydroxyl groups is 2. The molecule has 4 bridgehead atoms. The first-order chi connectivity index (χ1) is 19.3. The summed E-state index contributed by atoms with van der Waals surface area (Å²) in [7, 11) is 0. The van der Waals surface area contributed by atoms with Crippen LogP contribution in [0.15, 0.2) is 0 Å². The van der Waals surface area contributed by atoms with E-state index in [-0.39, 0.29) is 30.4 Å². The molecule has 222 valence electrons. The third-order valence-corrected chi connectivity index (χ3v) is 10.0. The molecule has 1 spiro atoms. The third kappa shape index (κ3) is 3.17. The van der Waals surface area contributed by atoms with Crippen molar-refractivity contribution in [1.29, 1.82) is 0 Å². The highest BCUT2D eigenvalue weighted by Crippen LogP contribution is 2.62. The highest BCUT2D eigenvalue weighted by Gasteiger charge is 2.75. The lowest BCUT2D eigenvalue weighted by Gasteiger charge is -2.57. The van der Waals surface area contributed by atoms with Gasteiger partial charge in [0.05, 0.1) is 60.3 Å². The Morgan fingerprint density at radius 1 is 0.902 bits per heavy atom. The van der Waals surface area contributed by atoms with Gasteiger partial charge >= 0.3 is 5.97 Å². The Labute approximate surface area is 233 Å². The molecule has 5 heterocycles. The Bertz CT molecular complexity index is 1390. The quantitative estimate of drug-likeness (QED) is 0.240. The predicted molar refractivity (Wildman–Crippen MR) is 132 cm³/mol. The summed E-state index contributed by atoms with van der Waals surface area (Å²) in [6.07, 6.45) is -6.80. The van der Waals surface area contributed by atoms with Gasteiger partial charge in [-0.25, -0.2) is 0 Å². The molecule has 1 aromatic rings. The van der Waals surface area contributed by atoms with E-state index in [9.17, 15) is 39.9 Å². The summed E-state index contributed by atoms with van der Waals surface area (Å²) in [6.45, 7) is 4.60. The molecule has 4 saturated heterocycles. The first kappa shape index (κ1) is 27.2. The van der Waals surface area contributed by atoms with Crippen molar-refractivity contribution in [3.8, 4) is 11.5 Å². The van der Waals surface area contributed by atoms with Crippen LogP contribution < -0.4 is 0 Å². The predicted octanol–water partition coefficient (Wildman–Crippen LogP) is 0.393. The number of ketones is 2. The van der Waals surface area contributed by atoms with Gasteiger partial charge in [0, 0.05) is 30.4 Å². The number of aliphatic hydroxyl groups excluding tert-OH is 1. The molecule has 0 saturated carbocycles. The topological polar surface area (TPSA) is 199 Å². The second kappa shape index (κ2) is 8.47. The number of carbonyl (C=O) groups is 3. The van der Waals surface area contributed by atoms with E-state index in [1.54, 1.807) is 13.8 Å². The number of hydrogen-bond donors (Lipinski definition) is 5. The number of hydrogen-bond acceptors (Lipinski definition) is 13. The van der Waals surface area contributed by atoms with Crippen molar-refractivity contribution in [3.05, 3.63) is 22.3 Å². The maximum atomic E-state index is 14.1. The molecule has 13 nitrogen and oxygen atoms in total. The van der Waals surface area contributed by atoms with Crippen molar-refractivity contribution in [3.63, 3.8) is 0 Å². The lowest BCUT2D eigenvalue weighted by molar-refractivity contribution is -0.311. The molecule has 11 atom stereocenters. The fourth-order valence-electron chi connectivity index (χ4n) is 7.85. The zero-order valence-corrected chi connectivity index (χ0v) is 22.7. The third-order valence-electron chi connectivity index (χ3n) is 10.0. The SMILES string of the molecule is CC1O[C@@H]2C[C@@H](OC3CC[C@H](O)[C@H](C)O3)[C@]1(O)c1c(O)c3c(c(O)c12)C(=O)[C@]12C[C@H](CC(=O)O1)O[C@@H](C)[C@]2(O)C3=O. The molecule has 2 unspecified atom stereocenters. The van der Waals surface area contributed by atoms with Crippen LogP contribution >= 0.6 is 0 Å². The van der Waals surface area contributed by atoms with Gasteiger partial charge in [0.1, 0.15) is 17.1 Å². The number of ether oxygens (including phenoxy) is 5. The summed E-state index contributed by atoms with van der Waals surface area (Å²) in [5.41, 5.74) is -8.83. The van der Waals surface area contributed by atoms with E-state index in [2.05, 4.69) is 0 Å². The zero-order chi connectivity index (χ0) is 29.4. The van der Waals surface area contributed by atoms with Gasteiger partial charge in [0.25, 0.3) is 0 Å². The second-order valence-corrected chi connectivity index (χ2v) is 12.1. The molecular weight excluding hydrogens is 544 g/mol. The van der Waals surface area contributed by atoms with Gasteiger partial charge in [-0.15, -0.1) is 0 Å². The Hall–Kier alpha value is -2.65. The standard InChI is InChI=1S/C28H32O13/c1-9-13(29)4-5-17(37-9)40-15-7-14-18-21(27(15,35)10(2)39-14)23(32)20-19(22(18)31)24(33)26-8-12(6-16(30)41-26)38-11(3)28(26,36)25(20)34/h9-15,17,29,31-32,35-36H,4-8H2,1-3H3/t9-,10?,11-,12-,13-,14+,15+,17?,26-,27-,28-/m0/s1. The molecule has 4 fully saturated rings. The van der Waals surface area contributed by atoms with Crippen LogP contribution in [0.25, 0.3) is 0 Å². The van der Waals surface area contributed by atoms with Crippen molar-refractivity contribution in [2.24, 2.45) is 0 Å². The largest absolute Gasteiger partial charge is 0.507 e. The van der Waals surface area contributed by atoms with Gasteiger partial charge in [-0.05, 0) is 27.2 Å². The number of carbonyl (C=O) groups excluding carboxylic acids is 3. The average Bonchev–Trinajstić information content (AvgIpc) is 2.90. The van der Waals surface area contributed by atoms with Crippen molar-refractivity contribution in [2.75, 3.05) is 0 Å². The van der Waals surface area contributed by atoms with Crippen LogP contribution in [0.2, 0.25) is 0 Å². The van der Waals surface area contributed by atoms with Crippen molar-refractivity contribution in [2.45, 2.75) is 119 Å². The lowest BCUT2D eigenvalue weighted by atomic mass is 9.58. The summed E-state index contributed by atoms with van der Waals surface area (Å²) in [6, 6.07) is 0. The Morgan fingerprint density at radius 2 is 1.61 bits per heavy atom. The molecule has 8 rings (SSSR count). The molecule has 0 amide bonds. The Balaban J connectivity index is 1.39. The number of benzene rings is 1. The fraction of sp³-hybridized carbons (Fsp3) is 0.679. The van der Waals surface area contributed by atoms with Crippen LogP contribution in [0, 0.1) is 0 Å². The molecule has 13 heteroatoms. The molecule has 41 heavy (non-hydrogen) atoms. The number of phenolic OH excluding ortho intramolecular Hbond substituents is 2. The van der Waals surface area contributed by atoms with E-state index in [4.69, 9.17) is 23.7 Å². The van der Waals surface area contributed by atoms with Crippen molar-refractivity contribution < 1.29 is 63.6 Å². The normalized spacial score (nSPS) is 46.4. The van der Waals surface area contributed by atoms with E-state index in [1.807, 2.05) is 0 Å². The smallest absolute Gasteiger partial charge is 0.309 e. The van der Waals surface area contributed by atoms with Gasteiger partial charge in [-0.1, -0.05) is 0 Å². The summed E-state index contributed by atoms with van der Waals surface area (Å²) in [5.74, 6) is -4.60. The van der Waals surface area contributed by atoms with E-state index >= 15 is 0 Å². The van der Waals surface area contributed by atoms with E-state index < -0.39 is 106 Å². The number of fused-ring (bicyclic) bond motifs is 4. The number of phenols is 2. The Morgan fingerprint density at radius 3 is 2.32 bits per heavy atom. The minimum absolute atomic E-state index is 0.00950. The van der Waals surface area contributed by atoms with Gasteiger partial charge in [-0.3, -0.25) is 14.4 Å². The van der Waals surface area contributed by atoms with Crippen LogP contribution in [0.4, 0.5) is 0 Å². The van der Waals surface area contributed by atoms with Crippen molar-refractivity contribution in [1.82, 2.24) is 0 Å². The molecule has 1 aromatic carbocycles. The molecule has 5 N–H and O–H groups in total. The summed E-state index contributed by atoms with van der Waals surface area (Å²) >= 11 is 0. The minimum Gasteiger partial charge on any atom is -0.507 e. The number of rotatable bonds is 2. The molecule has 0 aromatic heterocycles.